The summed E-state index contributed by atoms with van der Waals surface area (Å²) in [7, 11) is -3.61. The summed E-state index contributed by atoms with van der Waals surface area (Å²) >= 11 is 0. The second kappa shape index (κ2) is 5.06. The first-order valence-electron chi connectivity index (χ1n) is 5.72. The highest BCUT2D eigenvalue weighted by molar-refractivity contribution is 7.89. The van der Waals surface area contributed by atoms with E-state index in [2.05, 4.69) is 0 Å². The molecular formula is C12H14N2O3S. The van der Waals surface area contributed by atoms with Crippen LogP contribution in [0.1, 0.15) is 18.4 Å². The molecule has 1 saturated heterocycles. The predicted molar refractivity (Wildman–Crippen MR) is 65.2 cm³/mol. The quantitative estimate of drug-likeness (QED) is 0.873. The van der Waals surface area contributed by atoms with Crippen molar-refractivity contribution >= 4 is 10.0 Å². The monoisotopic (exact) mass is 266 g/mol. The van der Waals surface area contributed by atoms with Gasteiger partial charge in [-0.25, -0.2) is 8.42 Å². The number of aliphatic hydroxyl groups excluding tert-OH is 1. The van der Waals surface area contributed by atoms with Crippen molar-refractivity contribution in [1.29, 1.82) is 5.26 Å². The van der Waals surface area contributed by atoms with E-state index in [1.807, 2.05) is 6.07 Å². The van der Waals surface area contributed by atoms with Crippen LogP contribution in [0.2, 0.25) is 0 Å². The summed E-state index contributed by atoms with van der Waals surface area (Å²) < 4.78 is 26.1. The molecule has 0 spiro atoms. The Hall–Kier alpha value is -1.42. The fraction of sp³-hybridized carbons (Fsp3) is 0.417. The molecule has 0 radical (unpaired) electrons. The zero-order valence-corrected chi connectivity index (χ0v) is 10.6. The van der Waals surface area contributed by atoms with Gasteiger partial charge in [0.2, 0.25) is 10.0 Å². The van der Waals surface area contributed by atoms with E-state index in [0.29, 0.717) is 18.5 Å². The molecule has 0 aliphatic carbocycles. The Labute approximate surface area is 106 Å². The molecule has 0 unspecified atom stereocenters. The molecule has 0 saturated carbocycles. The standard InChI is InChI=1S/C12H14N2O3S/c13-8-10-3-1-5-12(7-10)18(16,17)14-6-2-4-11(14)9-15/h1,3,5,7,11,15H,2,4,6,9H2/t11-/m0/s1. The van der Waals surface area contributed by atoms with Crippen molar-refractivity contribution in [2.45, 2.75) is 23.8 Å². The maximum atomic E-state index is 12.4. The maximum Gasteiger partial charge on any atom is 0.243 e. The number of nitriles is 1. The van der Waals surface area contributed by atoms with Gasteiger partial charge in [-0.3, -0.25) is 0 Å². The van der Waals surface area contributed by atoms with E-state index in [0.717, 1.165) is 6.42 Å². The lowest BCUT2D eigenvalue weighted by molar-refractivity contribution is 0.213. The van der Waals surface area contributed by atoms with Crippen LogP contribution >= 0.6 is 0 Å². The number of benzene rings is 1. The van der Waals surface area contributed by atoms with E-state index in [4.69, 9.17) is 5.26 Å². The number of sulfonamides is 1. The number of rotatable bonds is 3. The first-order chi connectivity index (χ1) is 8.59. The van der Waals surface area contributed by atoms with Crippen LogP contribution in [-0.2, 0) is 10.0 Å². The summed E-state index contributed by atoms with van der Waals surface area (Å²) in [4.78, 5) is 0.113. The lowest BCUT2D eigenvalue weighted by Gasteiger charge is -2.22. The highest BCUT2D eigenvalue weighted by Gasteiger charge is 2.34. The van der Waals surface area contributed by atoms with E-state index in [-0.39, 0.29) is 17.5 Å². The molecule has 5 nitrogen and oxygen atoms in total. The summed E-state index contributed by atoms with van der Waals surface area (Å²) in [6.45, 7) is 0.251. The van der Waals surface area contributed by atoms with E-state index >= 15 is 0 Å². The molecule has 96 valence electrons. The van der Waals surface area contributed by atoms with Gasteiger partial charge in [0, 0.05) is 12.6 Å². The Balaban J connectivity index is 2.39. The summed E-state index contributed by atoms with van der Waals surface area (Å²) in [5.74, 6) is 0. The zero-order chi connectivity index (χ0) is 13.2. The van der Waals surface area contributed by atoms with E-state index < -0.39 is 10.0 Å². The van der Waals surface area contributed by atoms with Gasteiger partial charge in [0.25, 0.3) is 0 Å². The highest BCUT2D eigenvalue weighted by atomic mass is 32.2. The zero-order valence-electron chi connectivity index (χ0n) is 9.78. The molecule has 0 aromatic heterocycles. The van der Waals surface area contributed by atoms with Crippen LogP contribution in [0.25, 0.3) is 0 Å². The number of nitrogens with zero attached hydrogens (tertiary/aromatic N) is 2. The van der Waals surface area contributed by atoms with Gasteiger partial charge in [0.05, 0.1) is 23.1 Å². The van der Waals surface area contributed by atoms with Crippen molar-refractivity contribution in [1.82, 2.24) is 4.31 Å². The Morgan fingerprint density at radius 1 is 1.50 bits per heavy atom. The fourth-order valence-corrected chi connectivity index (χ4v) is 3.90. The minimum Gasteiger partial charge on any atom is -0.395 e. The van der Waals surface area contributed by atoms with Crippen LogP contribution in [-0.4, -0.2) is 37.0 Å². The first-order valence-corrected chi connectivity index (χ1v) is 7.16. The van der Waals surface area contributed by atoms with Gasteiger partial charge in [-0.2, -0.15) is 9.57 Å². The Kier molecular flexibility index (Phi) is 3.66. The lowest BCUT2D eigenvalue weighted by Crippen LogP contribution is -2.37. The molecule has 1 fully saturated rings. The first kappa shape index (κ1) is 13.0. The van der Waals surface area contributed by atoms with E-state index in [9.17, 15) is 13.5 Å². The van der Waals surface area contributed by atoms with Gasteiger partial charge in [-0.1, -0.05) is 6.07 Å². The van der Waals surface area contributed by atoms with Crippen LogP contribution < -0.4 is 0 Å². The average Bonchev–Trinajstić information content (AvgIpc) is 2.88. The largest absolute Gasteiger partial charge is 0.395 e. The molecular weight excluding hydrogens is 252 g/mol. The Morgan fingerprint density at radius 3 is 2.94 bits per heavy atom. The number of hydrogen-bond acceptors (Lipinski definition) is 4. The van der Waals surface area contributed by atoms with Gasteiger partial charge < -0.3 is 5.11 Å². The van der Waals surface area contributed by atoms with Crippen LogP contribution in [0.5, 0.6) is 0 Å². The second-order valence-electron chi connectivity index (χ2n) is 4.23. The van der Waals surface area contributed by atoms with Crippen molar-refractivity contribution in [3.8, 4) is 6.07 Å². The van der Waals surface area contributed by atoms with Gasteiger partial charge in [-0.15, -0.1) is 0 Å². The van der Waals surface area contributed by atoms with Crippen molar-refractivity contribution in [3.05, 3.63) is 29.8 Å². The predicted octanol–water partition coefficient (Wildman–Crippen LogP) is 0.704. The topological polar surface area (TPSA) is 81.4 Å². The summed E-state index contributed by atoms with van der Waals surface area (Å²) in [5.41, 5.74) is 0.316. The van der Waals surface area contributed by atoms with Gasteiger partial charge in [-0.05, 0) is 31.0 Å². The van der Waals surface area contributed by atoms with Gasteiger partial charge in [0.1, 0.15) is 0 Å². The van der Waals surface area contributed by atoms with Crippen molar-refractivity contribution < 1.29 is 13.5 Å². The van der Waals surface area contributed by atoms with Crippen molar-refractivity contribution in [2.24, 2.45) is 0 Å². The fourth-order valence-electron chi connectivity index (χ4n) is 2.17. The average molecular weight is 266 g/mol. The van der Waals surface area contributed by atoms with Crippen LogP contribution in [0.15, 0.2) is 29.2 Å². The molecule has 1 atom stereocenters. The maximum absolute atomic E-state index is 12.4. The molecule has 0 amide bonds. The molecule has 1 N–H and O–H groups in total. The van der Waals surface area contributed by atoms with Gasteiger partial charge >= 0.3 is 0 Å². The Bertz CT molecular complexity index is 577. The molecule has 18 heavy (non-hydrogen) atoms. The molecule has 2 rings (SSSR count). The molecule has 1 aromatic carbocycles. The Morgan fingerprint density at radius 2 is 2.28 bits per heavy atom. The second-order valence-corrected chi connectivity index (χ2v) is 6.12. The normalized spacial score (nSPS) is 20.8. The molecule has 1 aliphatic rings. The van der Waals surface area contributed by atoms with E-state index in [1.165, 1.54) is 16.4 Å². The summed E-state index contributed by atoms with van der Waals surface area (Å²) in [5, 5.41) is 18.0. The lowest BCUT2D eigenvalue weighted by atomic mass is 10.2. The highest BCUT2D eigenvalue weighted by Crippen LogP contribution is 2.26. The summed E-state index contributed by atoms with van der Waals surface area (Å²) in [6, 6.07) is 7.53. The minimum atomic E-state index is -3.61. The SMILES string of the molecule is N#Cc1cccc(S(=O)(=O)N2CCC[C@H]2CO)c1. The van der Waals surface area contributed by atoms with Crippen molar-refractivity contribution in [2.75, 3.05) is 13.2 Å². The van der Waals surface area contributed by atoms with Crippen LogP contribution in [0.3, 0.4) is 0 Å². The third-order valence-corrected chi connectivity index (χ3v) is 5.05. The summed E-state index contributed by atoms with van der Waals surface area (Å²) in [6.07, 6.45) is 1.43. The minimum absolute atomic E-state index is 0.113. The number of hydrogen-bond donors (Lipinski definition) is 1. The molecule has 6 heteroatoms. The molecule has 1 aromatic rings. The molecule has 1 heterocycles. The van der Waals surface area contributed by atoms with Gasteiger partial charge in [0.15, 0.2) is 0 Å². The number of aliphatic hydroxyl groups is 1. The molecule has 1 aliphatic heterocycles. The van der Waals surface area contributed by atoms with Crippen LogP contribution in [0, 0.1) is 11.3 Å². The van der Waals surface area contributed by atoms with E-state index in [1.54, 1.807) is 12.1 Å². The van der Waals surface area contributed by atoms with Crippen LogP contribution in [0.4, 0.5) is 0 Å². The third-order valence-electron chi connectivity index (χ3n) is 3.10. The van der Waals surface area contributed by atoms with Crippen molar-refractivity contribution in [3.63, 3.8) is 0 Å². The smallest absolute Gasteiger partial charge is 0.243 e. The molecule has 0 bridgehead atoms. The third kappa shape index (κ3) is 2.25.